The van der Waals surface area contributed by atoms with Gasteiger partial charge in [0.25, 0.3) is 0 Å². The Morgan fingerprint density at radius 1 is 0.512 bits per heavy atom. The van der Waals surface area contributed by atoms with Crippen molar-refractivity contribution >= 4 is 21.9 Å². The van der Waals surface area contributed by atoms with E-state index in [1.54, 1.807) is 0 Å². The molecular formula is C30H18O11. The number of fused-ring (bicyclic) bond motifs is 2. The van der Waals surface area contributed by atoms with Crippen molar-refractivity contribution in [2.24, 2.45) is 0 Å². The van der Waals surface area contributed by atoms with Gasteiger partial charge in [-0.15, -0.1) is 0 Å². The normalized spacial score (nSPS) is 11.3. The number of phenols is 7. The summed E-state index contributed by atoms with van der Waals surface area (Å²) in [5.74, 6) is -4.26. The molecule has 0 aliphatic heterocycles. The number of benzene rings is 4. The van der Waals surface area contributed by atoms with E-state index < -0.39 is 45.0 Å². The molecule has 2 aromatic heterocycles. The molecule has 11 heteroatoms. The second-order valence-corrected chi connectivity index (χ2v) is 9.19. The summed E-state index contributed by atoms with van der Waals surface area (Å²) in [6, 6.07) is 13.8. The van der Waals surface area contributed by atoms with Gasteiger partial charge in [-0.3, -0.25) is 9.59 Å². The lowest BCUT2D eigenvalue weighted by molar-refractivity contribution is 0.371. The van der Waals surface area contributed by atoms with E-state index in [-0.39, 0.29) is 56.3 Å². The van der Waals surface area contributed by atoms with Crippen LogP contribution in [0.5, 0.6) is 40.2 Å². The van der Waals surface area contributed by atoms with Crippen molar-refractivity contribution in [2.45, 2.75) is 0 Å². The lowest BCUT2D eigenvalue weighted by Crippen LogP contribution is -2.03. The molecule has 0 atom stereocenters. The SMILES string of the molecule is O=c1cc(-c2ccc(O)c(-c3c(O)c(O)c(O)c4c(=O)cc(-c5ccc(O)cc5)oc34)c2)oc2cc(O)cc(O)c12. The van der Waals surface area contributed by atoms with Gasteiger partial charge in [0.2, 0.25) is 5.75 Å². The van der Waals surface area contributed by atoms with Gasteiger partial charge in [-0.05, 0) is 42.5 Å². The predicted octanol–water partition coefficient (Wildman–Crippen LogP) is 4.84. The fourth-order valence-electron chi connectivity index (χ4n) is 4.65. The molecule has 6 rings (SSSR count). The van der Waals surface area contributed by atoms with Gasteiger partial charge in [-0.1, -0.05) is 0 Å². The minimum Gasteiger partial charge on any atom is -0.508 e. The van der Waals surface area contributed by atoms with Gasteiger partial charge in [0.1, 0.15) is 50.9 Å². The molecular weight excluding hydrogens is 536 g/mol. The second kappa shape index (κ2) is 8.99. The highest BCUT2D eigenvalue weighted by Crippen LogP contribution is 2.51. The maximum Gasteiger partial charge on any atom is 0.202 e. The molecule has 0 amide bonds. The molecule has 41 heavy (non-hydrogen) atoms. The van der Waals surface area contributed by atoms with Crippen LogP contribution in [0.25, 0.3) is 55.7 Å². The topological polar surface area (TPSA) is 202 Å². The highest BCUT2D eigenvalue weighted by Gasteiger charge is 2.27. The molecule has 0 saturated carbocycles. The second-order valence-electron chi connectivity index (χ2n) is 9.19. The van der Waals surface area contributed by atoms with Crippen LogP contribution in [0.3, 0.4) is 0 Å². The average molecular weight is 554 g/mol. The molecule has 0 aliphatic rings. The Labute approximate surface area is 227 Å². The maximum absolute atomic E-state index is 13.1. The first-order chi connectivity index (χ1) is 19.5. The zero-order chi connectivity index (χ0) is 29.2. The number of aromatic hydroxyl groups is 7. The minimum atomic E-state index is -1.04. The van der Waals surface area contributed by atoms with Crippen LogP contribution in [-0.4, -0.2) is 35.7 Å². The van der Waals surface area contributed by atoms with E-state index in [2.05, 4.69) is 0 Å². The molecule has 0 unspecified atom stereocenters. The van der Waals surface area contributed by atoms with Crippen LogP contribution >= 0.6 is 0 Å². The zero-order valence-electron chi connectivity index (χ0n) is 20.6. The number of phenolic OH excluding ortho intramolecular Hbond substituents is 7. The van der Waals surface area contributed by atoms with Gasteiger partial charge in [0.15, 0.2) is 27.9 Å². The largest absolute Gasteiger partial charge is 0.508 e. The average Bonchev–Trinajstić information content (AvgIpc) is 2.92. The predicted molar refractivity (Wildman–Crippen MR) is 146 cm³/mol. The third-order valence-electron chi connectivity index (χ3n) is 6.59. The molecule has 2 heterocycles. The van der Waals surface area contributed by atoms with Crippen molar-refractivity contribution in [1.82, 2.24) is 0 Å². The standard InChI is InChI=1S/C30H18O11/c31-14-4-1-12(2-5-14)21-11-20(36)26-28(38)29(39)27(37)24(30(26)41-21)16-7-13(3-6-17(16)33)22-10-19(35)25-18(34)8-15(32)9-23(25)40-22/h1-11,31-34,37-39H. The zero-order valence-corrected chi connectivity index (χ0v) is 20.6. The van der Waals surface area contributed by atoms with Crippen molar-refractivity contribution < 1.29 is 44.6 Å². The molecule has 0 fully saturated rings. The Hall–Kier alpha value is -6.10. The molecule has 11 nitrogen and oxygen atoms in total. The molecule has 6 aromatic rings. The Morgan fingerprint density at radius 3 is 1.85 bits per heavy atom. The Bertz CT molecular complexity index is 2160. The van der Waals surface area contributed by atoms with Gasteiger partial charge in [0.05, 0.1) is 5.56 Å². The number of rotatable bonds is 3. The molecule has 0 saturated heterocycles. The third kappa shape index (κ3) is 4.00. The van der Waals surface area contributed by atoms with Crippen molar-refractivity contribution in [1.29, 1.82) is 0 Å². The molecule has 0 spiro atoms. The number of hydrogen-bond donors (Lipinski definition) is 7. The summed E-state index contributed by atoms with van der Waals surface area (Å²) in [5.41, 5.74) is -1.90. The Balaban J connectivity index is 1.64. The maximum atomic E-state index is 13.1. The first-order valence-corrected chi connectivity index (χ1v) is 11.9. The van der Waals surface area contributed by atoms with Crippen LogP contribution in [0, 0.1) is 0 Å². The smallest absolute Gasteiger partial charge is 0.202 e. The van der Waals surface area contributed by atoms with Crippen molar-refractivity contribution in [2.75, 3.05) is 0 Å². The summed E-state index contributed by atoms with van der Waals surface area (Å²) in [5, 5.41) is 71.6. The van der Waals surface area contributed by atoms with Crippen LogP contribution in [0.2, 0.25) is 0 Å². The van der Waals surface area contributed by atoms with E-state index in [0.29, 0.717) is 5.56 Å². The fourth-order valence-corrected chi connectivity index (χ4v) is 4.65. The van der Waals surface area contributed by atoms with Gasteiger partial charge in [-0.25, -0.2) is 0 Å². The number of hydrogen-bond acceptors (Lipinski definition) is 11. The molecule has 204 valence electrons. The van der Waals surface area contributed by atoms with Gasteiger partial charge >= 0.3 is 0 Å². The van der Waals surface area contributed by atoms with Gasteiger partial charge in [0, 0.05) is 41.0 Å². The molecule has 7 N–H and O–H groups in total. The summed E-state index contributed by atoms with van der Waals surface area (Å²) in [7, 11) is 0. The molecule has 0 bridgehead atoms. The van der Waals surface area contributed by atoms with Gasteiger partial charge in [-0.2, -0.15) is 0 Å². The first kappa shape index (κ1) is 25.2. The Morgan fingerprint density at radius 2 is 1.15 bits per heavy atom. The highest BCUT2D eigenvalue weighted by molar-refractivity contribution is 6.03. The summed E-state index contributed by atoms with van der Waals surface area (Å²) in [4.78, 5) is 25.8. The van der Waals surface area contributed by atoms with Gasteiger partial charge < -0.3 is 44.6 Å². The van der Waals surface area contributed by atoms with E-state index in [9.17, 15) is 45.3 Å². The highest BCUT2D eigenvalue weighted by atomic mass is 16.4. The summed E-state index contributed by atoms with van der Waals surface area (Å²) in [6.45, 7) is 0. The van der Waals surface area contributed by atoms with Crippen LogP contribution in [0.1, 0.15) is 0 Å². The third-order valence-corrected chi connectivity index (χ3v) is 6.59. The van der Waals surface area contributed by atoms with Crippen LogP contribution in [-0.2, 0) is 0 Å². The van der Waals surface area contributed by atoms with Crippen LogP contribution in [0.4, 0.5) is 0 Å². The van der Waals surface area contributed by atoms with E-state index in [1.165, 1.54) is 42.5 Å². The van der Waals surface area contributed by atoms with Crippen LogP contribution in [0.15, 0.2) is 85.2 Å². The van der Waals surface area contributed by atoms with E-state index in [1.807, 2.05) is 0 Å². The molecule has 0 aliphatic carbocycles. The Kier molecular flexibility index (Phi) is 5.52. The molecule has 4 aromatic carbocycles. The van der Waals surface area contributed by atoms with E-state index in [4.69, 9.17) is 8.83 Å². The van der Waals surface area contributed by atoms with E-state index in [0.717, 1.165) is 24.3 Å². The van der Waals surface area contributed by atoms with Crippen molar-refractivity contribution in [3.8, 4) is 74.0 Å². The fraction of sp³-hybridized carbons (Fsp3) is 0. The quantitative estimate of drug-likeness (QED) is 0.148. The van der Waals surface area contributed by atoms with E-state index >= 15 is 0 Å². The van der Waals surface area contributed by atoms with Crippen molar-refractivity contribution in [3.05, 3.63) is 87.2 Å². The monoisotopic (exact) mass is 554 g/mol. The molecule has 0 radical (unpaired) electrons. The summed E-state index contributed by atoms with van der Waals surface area (Å²) >= 11 is 0. The lowest BCUT2D eigenvalue weighted by Gasteiger charge is -2.15. The summed E-state index contributed by atoms with van der Waals surface area (Å²) in [6.07, 6.45) is 0. The van der Waals surface area contributed by atoms with Crippen LogP contribution < -0.4 is 10.9 Å². The minimum absolute atomic E-state index is 0.0102. The first-order valence-electron chi connectivity index (χ1n) is 11.9. The van der Waals surface area contributed by atoms with Crippen molar-refractivity contribution in [3.63, 3.8) is 0 Å². The lowest BCUT2D eigenvalue weighted by atomic mass is 9.96. The summed E-state index contributed by atoms with van der Waals surface area (Å²) < 4.78 is 11.7.